The molecule has 0 radical (unpaired) electrons. The second-order valence-corrected chi connectivity index (χ2v) is 7.65. The highest BCUT2D eigenvalue weighted by atomic mass is 32.2. The van der Waals surface area contributed by atoms with Gasteiger partial charge in [-0.05, 0) is 25.0 Å². The Bertz CT molecular complexity index is 516. The fraction of sp³-hybridized carbons (Fsp3) is 0.619. The zero-order valence-electron chi connectivity index (χ0n) is 15.8. The highest BCUT2D eigenvalue weighted by Crippen LogP contribution is 2.16. The lowest BCUT2D eigenvalue weighted by Gasteiger charge is -2.07. The van der Waals surface area contributed by atoms with Gasteiger partial charge in [0.2, 0.25) is 0 Å². The van der Waals surface area contributed by atoms with Crippen LogP contribution in [0.25, 0.3) is 0 Å². The molecule has 3 nitrogen and oxygen atoms in total. The molecule has 4 heteroatoms. The van der Waals surface area contributed by atoms with Crippen LogP contribution >= 0.6 is 11.8 Å². The molecule has 0 aliphatic rings. The number of thioether (sulfide) groups is 1. The van der Waals surface area contributed by atoms with Gasteiger partial charge < -0.3 is 5.32 Å². The number of nitrogens with one attached hydrogen (secondary N) is 1. The van der Waals surface area contributed by atoms with Crippen molar-refractivity contribution < 1.29 is 9.59 Å². The van der Waals surface area contributed by atoms with Gasteiger partial charge in [0.1, 0.15) is 0 Å². The molecule has 1 amide bonds. The lowest BCUT2D eigenvalue weighted by Crippen LogP contribution is -2.20. The van der Waals surface area contributed by atoms with Gasteiger partial charge in [0.25, 0.3) is 5.12 Å². The average molecular weight is 364 g/mol. The third-order valence-corrected chi connectivity index (χ3v) is 5.25. The summed E-state index contributed by atoms with van der Waals surface area (Å²) in [6.45, 7) is 4.16. The first kappa shape index (κ1) is 21.8. The maximum absolute atomic E-state index is 11.9. The second-order valence-electron chi connectivity index (χ2n) is 6.59. The fourth-order valence-electron chi connectivity index (χ4n) is 2.71. The van der Waals surface area contributed by atoms with E-state index in [4.69, 9.17) is 0 Å². The van der Waals surface area contributed by atoms with Crippen LogP contribution in [-0.4, -0.2) is 16.8 Å². The summed E-state index contributed by atoms with van der Waals surface area (Å²) >= 11 is 1.14. The van der Waals surface area contributed by atoms with Crippen molar-refractivity contribution in [1.82, 2.24) is 0 Å². The normalized spacial score (nSPS) is 10.6. The van der Waals surface area contributed by atoms with Crippen molar-refractivity contribution >= 4 is 28.5 Å². The van der Waals surface area contributed by atoms with E-state index >= 15 is 0 Å². The van der Waals surface area contributed by atoms with E-state index in [-0.39, 0.29) is 5.12 Å². The Morgan fingerprint density at radius 3 is 2.04 bits per heavy atom. The lowest BCUT2D eigenvalue weighted by atomic mass is 10.1. The van der Waals surface area contributed by atoms with Crippen molar-refractivity contribution in [2.75, 3.05) is 11.1 Å². The first-order valence-electron chi connectivity index (χ1n) is 9.69. The Balaban J connectivity index is 2.01. The molecule has 0 aliphatic heterocycles. The molecular formula is C21H33NO2S. The Morgan fingerprint density at radius 1 is 0.880 bits per heavy atom. The SMILES string of the molecule is CCCCCCCCCCCCSC(=O)C(=O)Nc1ccccc1C. The van der Waals surface area contributed by atoms with Crippen molar-refractivity contribution in [1.29, 1.82) is 0 Å². The molecule has 0 atom stereocenters. The summed E-state index contributed by atoms with van der Waals surface area (Å²) in [5.41, 5.74) is 1.67. The van der Waals surface area contributed by atoms with Gasteiger partial charge in [0, 0.05) is 11.4 Å². The van der Waals surface area contributed by atoms with Crippen molar-refractivity contribution in [2.24, 2.45) is 0 Å². The molecule has 0 fully saturated rings. The van der Waals surface area contributed by atoms with Crippen molar-refractivity contribution in [3.8, 4) is 0 Å². The Kier molecular flexibility index (Phi) is 12.1. The molecule has 25 heavy (non-hydrogen) atoms. The fourth-order valence-corrected chi connectivity index (χ4v) is 3.42. The van der Waals surface area contributed by atoms with Crippen molar-refractivity contribution in [3.05, 3.63) is 29.8 Å². The maximum Gasteiger partial charge on any atom is 0.302 e. The Hall–Kier alpha value is -1.29. The van der Waals surface area contributed by atoms with E-state index in [0.29, 0.717) is 5.69 Å². The lowest BCUT2D eigenvalue weighted by molar-refractivity contribution is -0.129. The molecule has 0 spiro atoms. The number of unbranched alkanes of at least 4 members (excludes halogenated alkanes) is 9. The average Bonchev–Trinajstić information content (AvgIpc) is 2.61. The van der Waals surface area contributed by atoms with Gasteiger partial charge in [-0.2, -0.15) is 0 Å². The number of aryl methyl sites for hydroxylation is 1. The molecule has 1 aromatic rings. The van der Waals surface area contributed by atoms with Gasteiger partial charge in [-0.1, -0.05) is 94.7 Å². The molecule has 0 aliphatic carbocycles. The van der Waals surface area contributed by atoms with Gasteiger partial charge in [-0.3, -0.25) is 9.59 Å². The summed E-state index contributed by atoms with van der Waals surface area (Å²) in [5, 5.41) is 2.30. The van der Waals surface area contributed by atoms with Crippen LogP contribution in [0, 0.1) is 6.92 Å². The number of benzene rings is 1. The third-order valence-electron chi connectivity index (χ3n) is 4.31. The van der Waals surface area contributed by atoms with Gasteiger partial charge >= 0.3 is 5.91 Å². The van der Waals surface area contributed by atoms with Crippen LogP contribution in [0.3, 0.4) is 0 Å². The Labute approximate surface area is 157 Å². The minimum Gasteiger partial charge on any atom is -0.318 e. The molecule has 0 aromatic heterocycles. The van der Waals surface area contributed by atoms with Gasteiger partial charge in [0.05, 0.1) is 0 Å². The molecule has 1 aromatic carbocycles. The number of rotatable bonds is 12. The monoisotopic (exact) mass is 363 g/mol. The smallest absolute Gasteiger partial charge is 0.302 e. The molecule has 140 valence electrons. The molecule has 0 heterocycles. The van der Waals surface area contributed by atoms with E-state index in [9.17, 15) is 9.59 Å². The van der Waals surface area contributed by atoms with E-state index in [1.165, 1.54) is 51.4 Å². The summed E-state index contributed by atoms with van der Waals surface area (Å²) in [5.74, 6) is 0.211. The van der Waals surface area contributed by atoms with Crippen molar-refractivity contribution in [3.63, 3.8) is 0 Å². The topological polar surface area (TPSA) is 46.2 Å². The highest BCUT2D eigenvalue weighted by molar-refractivity contribution is 8.15. The number of anilines is 1. The molecule has 0 saturated carbocycles. The quantitative estimate of drug-likeness (QED) is 0.360. The summed E-state index contributed by atoms with van der Waals surface area (Å²) in [6, 6.07) is 7.49. The first-order valence-corrected chi connectivity index (χ1v) is 10.7. The number of amides is 1. The molecule has 0 unspecified atom stereocenters. The zero-order valence-corrected chi connectivity index (χ0v) is 16.6. The summed E-state index contributed by atoms with van der Waals surface area (Å²) in [4.78, 5) is 23.8. The first-order chi connectivity index (χ1) is 12.1. The summed E-state index contributed by atoms with van der Waals surface area (Å²) < 4.78 is 0. The number of para-hydroxylation sites is 1. The van der Waals surface area contributed by atoms with Crippen LogP contribution in [0.1, 0.15) is 76.7 Å². The van der Waals surface area contributed by atoms with Crippen LogP contribution in [0.4, 0.5) is 5.69 Å². The van der Waals surface area contributed by atoms with Gasteiger partial charge in [0.15, 0.2) is 0 Å². The van der Waals surface area contributed by atoms with Crippen LogP contribution < -0.4 is 5.32 Å². The minimum atomic E-state index is -0.522. The molecule has 0 saturated heterocycles. The van der Waals surface area contributed by atoms with E-state index < -0.39 is 5.91 Å². The molecule has 0 bridgehead atoms. The highest BCUT2D eigenvalue weighted by Gasteiger charge is 2.14. The van der Waals surface area contributed by atoms with Gasteiger partial charge in [-0.15, -0.1) is 0 Å². The van der Waals surface area contributed by atoms with E-state index in [0.717, 1.165) is 35.9 Å². The molecular weight excluding hydrogens is 330 g/mol. The number of hydrogen-bond acceptors (Lipinski definition) is 3. The molecule has 1 rings (SSSR count). The zero-order chi connectivity index (χ0) is 18.3. The van der Waals surface area contributed by atoms with Crippen LogP contribution in [0.15, 0.2) is 24.3 Å². The van der Waals surface area contributed by atoms with Crippen LogP contribution in [0.5, 0.6) is 0 Å². The Morgan fingerprint density at radius 2 is 1.44 bits per heavy atom. The number of carbonyl (C=O) groups excluding carboxylic acids is 2. The molecule has 1 N–H and O–H groups in total. The summed E-state index contributed by atoms with van der Waals surface area (Å²) in [7, 11) is 0. The predicted molar refractivity (Wildman–Crippen MR) is 109 cm³/mol. The van der Waals surface area contributed by atoms with E-state index in [2.05, 4.69) is 12.2 Å². The third kappa shape index (κ3) is 10.3. The van der Waals surface area contributed by atoms with Gasteiger partial charge in [-0.25, -0.2) is 0 Å². The summed E-state index contributed by atoms with van der Waals surface area (Å²) in [6.07, 6.45) is 12.8. The van der Waals surface area contributed by atoms with Crippen LogP contribution in [-0.2, 0) is 9.59 Å². The predicted octanol–water partition coefficient (Wildman–Crippen LogP) is 6.11. The van der Waals surface area contributed by atoms with Crippen molar-refractivity contribution in [2.45, 2.75) is 78.1 Å². The van der Waals surface area contributed by atoms with E-state index in [1.54, 1.807) is 0 Å². The minimum absolute atomic E-state index is 0.390. The number of carbonyl (C=O) groups is 2. The number of hydrogen-bond donors (Lipinski definition) is 1. The maximum atomic E-state index is 11.9. The second kappa shape index (κ2) is 13.9. The van der Waals surface area contributed by atoms with E-state index in [1.807, 2.05) is 31.2 Å². The standard InChI is InChI=1S/C21H33NO2S/c1-3-4-5-6-7-8-9-10-11-14-17-25-21(24)20(23)22-19-16-13-12-15-18(19)2/h12-13,15-16H,3-11,14,17H2,1-2H3,(H,22,23). The van der Waals surface area contributed by atoms with Crippen LogP contribution in [0.2, 0.25) is 0 Å². The largest absolute Gasteiger partial charge is 0.318 e.